The molecule has 1 aliphatic rings. The van der Waals surface area contributed by atoms with Gasteiger partial charge < -0.3 is 0 Å². The molecule has 2 atom stereocenters. The first-order chi connectivity index (χ1) is 11.7. The van der Waals surface area contributed by atoms with Crippen LogP contribution in [0.2, 0.25) is 0 Å². The van der Waals surface area contributed by atoms with Crippen LogP contribution in [-0.2, 0) is 13.1 Å². The number of piperazine rings is 1. The number of nitrogens with zero attached hydrogens (tertiary/aromatic N) is 4. The summed E-state index contributed by atoms with van der Waals surface area (Å²) in [5.74, 6) is 0. The van der Waals surface area contributed by atoms with Crippen LogP contribution in [0.25, 0.3) is 0 Å². The Morgan fingerprint density at radius 2 is 1.79 bits per heavy atom. The average molecular weight is 324 g/mol. The Bertz CT molecular complexity index is 649. The highest BCUT2D eigenvalue weighted by Crippen LogP contribution is 2.18. The summed E-state index contributed by atoms with van der Waals surface area (Å²) in [5.41, 5.74) is 2.69. The van der Waals surface area contributed by atoms with E-state index in [4.69, 9.17) is 0 Å². The van der Waals surface area contributed by atoms with E-state index >= 15 is 0 Å². The number of benzene rings is 1. The van der Waals surface area contributed by atoms with E-state index in [1.165, 1.54) is 11.1 Å². The summed E-state index contributed by atoms with van der Waals surface area (Å²) < 4.78 is 1.97. The van der Waals surface area contributed by atoms with Gasteiger partial charge in [-0.3, -0.25) is 14.5 Å². The Morgan fingerprint density at radius 1 is 1.08 bits per heavy atom. The maximum Gasteiger partial charge on any atom is 0.0659 e. The van der Waals surface area contributed by atoms with Crippen molar-refractivity contribution in [2.45, 2.75) is 39.0 Å². The molecule has 2 aromatic rings. The first kappa shape index (κ1) is 16.9. The van der Waals surface area contributed by atoms with Crippen LogP contribution in [0, 0.1) is 0 Å². The van der Waals surface area contributed by atoms with Crippen molar-refractivity contribution in [2.24, 2.45) is 0 Å². The van der Waals surface area contributed by atoms with Crippen LogP contribution >= 0.6 is 0 Å². The molecular formula is C20H28N4. The summed E-state index contributed by atoms with van der Waals surface area (Å²) >= 11 is 0. The third-order valence-electron chi connectivity index (χ3n) is 4.89. The van der Waals surface area contributed by atoms with Crippen molar-refractivity contribution in [3.8, 4) is 0 Å². The standard InChI is InChI=1S/C20H28N4/c1-4-10-22-13-18(3)23(14-17(22)2)15-19-7-5-8-20(12-19)16-24-11-6-9-21-24/h4-9,11-12,17-18H,1,10,13-16H2,2-3H3/t17-,18-/m1/s1. The summed E-state index contributed by atoms with van der Waals surface area (Å²) in [7, 11) is 0. The average Bonchev–Trinajstić information content (AvgIpc) is 3.06. The minimum atomic E-state index is 0.566. The quantitative estimate of drug-likeness (QED) is 0.764. The molecule has 3 rings (SSSR count). The Balaban J connectivity index is 1.64. The van der Waals surface area contributed by atoms with Crippen LogP contribution in [-0.4, -0.2) is 51.3 Å². The van der Waals surface area contributed by atoms with Crippen LogP contribution in [0.1, 0.15) is 25.0 Å². The lowest BCUT2D eigenvalue weighted by Crippen LogP contribution is -2.55. The molecule has 1 aromatic carbocycles. The molecule has 1 fully saturated rings. The molecule has 128 valence electrons. The minimum absolute atomic E-state index is 0.566. The predicted octanol–water partition coefficient (Wildman–Crippen LogP) is 3.01. The fourth-order valence-corrected chi connectivity index (χ4v) is 3.55. The molecule has 0 saturated carbocycles. The van der Waals surface area contributed by atoms with Gasteiger partial charge in [0, 0.05) is 50.7 Å². The van der Waals surface area contributed by atoms with E-state index in [0.717, 1.165) is 32.7 Å². The second-order valence-electron chi connectivity index (χ2n) is 6.89. The molecule has 4 nitrogen and oxygen atoms in total. The third-order valence-corrected chi connectivity index (χ3v) is 4.89. The summed E-state index contributed by atoms with van der Waals surface area (Å²) in [6.07, 6.45) is 5.85. The predicted molar refractivity (Wildman–Crippen MR) is 98.9 cm³/mol. The lowest BCUT2D eigenvalue weighted by molar-refractivity contribution is 0.0452. The maximum atomic E-state index is 4.30. The molecule has 1 aromatic heterocycles. The van der Waals surface area contributed by atoms with Gasteiger partial charge in [0.2, 0.25) is 0 Å². The van der Waals surface area contributed by atoms with E-state index in [9.17, 15) is 0 Å². The first-order valence-corrected chi connectivity index (χ1v) is 8.80. The van der Waals surface area contributed by atoms with Gasteiger partial charge in [-0.2, -0.15) is 5.10 Å². The zero-order valence-corrected chi connectivity index (χ0v) is 14.8. The van der Waals surface area contributed by atoms with Crippen molar-refractivity contribution in [1.29, 1.82) is 0 Å². The van der Waals surface area contributed by atoms with Crippen molar-refractivity contribution >= 4 is 0 Å². The van der Waals surface area contributed by atoms with Gasteiger partial charge in [0.05, 0.1) is 6.54 Å². The normalized spacial score (nSPS) is 22.6. The maximum absolute atomic E-state index is 4.30. The largest absolute Gasteiger partial charge is 0.294 e. The molecule has 0 unspecified atom stereocenters. The van der Waals surface area contributed by atoms with Gasteiger partial charge in [0.25, 0.3) is 0 Å². The fourth-order valence-electron chi connectivity index (χ4n) is 3.55. The summed E-state index contributed by atoms with van der Waals surface area (Å²) in [4.78, 5) is 5.11. The lowest BCUT2D eigenvalue weighted by atomic mass is 10.1. The number of rotatable bonds is 6. The third kappa shape index (κ3) is 4.13. The van der Waals surface area contributed by atoms with Gasteiger partial charge >= 0.3 is 0 Å². The smallest absolute Gasteiger partial charge is 0.0659 e. The molecule has 0 radical (unpaired) electrons. The monoisotopic (exact) mass is 324 g/mol. The van der Waals surface area contributed by atoms with Gasteiger partial charge in [0.1, 0.15) is 0 Å². The highest BCUT2D eigenvalue weighted by Gasteiger charge is 2.28. The summed E-state index contributed by atoms with van der Waals surface area (Å²) in [5, 5.41) is 4.30. The van der Waals surface area contributed by atoms with E-state index < -0.39 is 0 Å². The van der Waals surface area contributed by atoms with E-state index in [1.54, 1.807) is 0 Å². The highest BCUT2D eigenvalue weighted by molar-refractivity contribution is 5.24. The van der Waals surface area contributed by atoms with Gasteiger partial charge in [-0.05, 0) is 31.0 Å². The van der Waals surface area contributed by atoms with Gasteiger partial charge in [-0.1, -0.05) is 30.3 Å². The van der Waals surface area contributed by atoms with E-state index in [2.05, 4.69) is 59.6 Å². The summed E-state index contributed by atoms with van der Waals surface area (Å²) in [6.45, 7) is 13.6. The molecule has 1 aliphatic heterocycles. The van der Waals surface area contributed by atoms with Crippen LogP contribution in [0.15, 0.2) is 55.4 Å². The molecule has 4 heteroatoms. The van der Waals surface area contributed by atoms with Crippen LogP contribution in [0.3, 0.4) is 0 Å². The minimum Gasteiger partial charge on any atom is -0.294 e. The van der Waals surface area contributed by atoms with E-state index in [1.807, 2.05) is 29.2 Å². The zero-order chi connectivity index (χ0) is 16.9. The van der Waals surface area contributed by atoms with Gasteiger partial charge in [-0.25, -0.2) is 0 Å². The lowest BCUT2D eigenvalue weighted by Gasteiger charge is -2.44. The van der Waals surface area contributed by atoms with Crippen LogP contribution in [0.5, 0.6) is 0 Å². The molecule has 0 aliphatic carbocycles. The van der Waals surface area contributed by atoms with E-state index in [0.29, 0.717) is 12.1 Å². The van der Waals surface area contributed by atoms with Crippen molar-refractivity contribution < 1.29 is 0 Å². The van der Waals surface area contributed by atoms with Gasteiger partial charge in [0.15, 0.2) is 0 Å². The van der Waals surface area contributed by atoms with Crippen LogP contribution < -0.4 is 0 Å². The van der Waals surface area contributed by atoms with Crippen molar-refractivity contribution in [3.63, 3.8) is 0 Å². The van der Waals surface area contributed by atoms with E-state index in [-0.39, 0.29) is 0 Å². The molecule has 0 bridgehead atoms. The van der Waals surface area contributed by atoms with Crippen LogP contribution in [0.4, 0.5) is 0 Å². The van der Waals surface area contributed by atoms with Crippen molar-refractivity contribution in [2.75, 3.05) is 19.6 Å². The van der Waals surface area contributed by atoms with Gasteiger partial charge in [-0.15, -0.1) is 6.58 Å². The number of hydrogen-bond donors (Lipinski definition) is 0. The van der Waals surface area contributed by atoms with Crippen molar-refractivity contribution in [3.05, 3.63) is 66.5 Å². The molecule has 24 heavy (non-hydrogen) atoms. The molecule has 2 heterocycles. The zero-order valence-electron chi connectivity index (χ0n) is 14.8. The first-order valence-electron chi connectivity index (χ1n) is 8.80. The molecule has 0 amide bonds. The Hall–Kier alpha value is -1.91. The summed E-state index contributed by atoms with van der Waals surface area (Å²) in [6, 6.07) is 12.0. The second kappa shape index (κ2) is 7.77. The molecule has 1 saturated heterocycles. The highest BCUT2D eigenvalue weighted by atomic mass is 15.3. The van der Waals surface area contributed by atoms with Crippen molar-refractivity contribution in [1.82, 2.24) is 19.6 Å². The molecule has 0 N–H and O–H groups in total. The number of aromatic nitrogens is 2. The Labute approximate surface area is 145 Å². The topological polar surface area (TPSA) is 24.3 Å². The number of hydrogen-bond acceptors (Lipinski definition) is 3. The molecule has 0 spiro atoms. The SMILES string of the molecule is C=CCN1C[C@@H](C)N(Cc2cccc(Cn3cccn3)c2)C[C@H]1C. The Kier molecular flexibility index (Phi) is 5.48. The molecular weight excluding hydrogens is 296 g/mol. The second-order valence-corrected chi connectivity index (χ2v) is 6.89. The fraction of sp³-hybridized carbons (Fsp3) is 0.450. The Morgan fingerprint density at radius 3 is 2.50 bits per heavy atom.